The van der Waals surface area contributed by atoms with E-state index in [9.17, 15) is 4.79 Å². The third-order valence-electron chi connectivity index (χ3n) is 5.11. The van der Waals surface area contributed by atoms with Gasteiger partial charge in [-0.05, 0) is 37.0 Å². The number of rotatable bonds is 7. The van der Waals surface area contributed by atoms with Gasteiger partial charge >= 0.3 is 0 Å². The summed E-state index contributed by atoms with van der Waals surface area (Å²) in [5.41, 5.74) is 2.63. The van der Waals surface area contributed by atoms with Gasteiger partial charge in [-0.2, -0.15) is 0 Å². The summed E-state index contributed by atoms with van der Waals surface area (Å²) in [5.74, 6) is 0.872. The number of hydrogen-bond donors (Lipinski definition) is 2. The molecule has 5 nitrogen and oxygen atoms in total. The summed E-state index contributed by atoms with van der Waals surface area (Å²) >= 11 is 0. The molecule has 0 unspecified atom stereocenters. The summed E-state index contributed by atoms with van der Waals surface area (Å²) in [4.78, 5) is 16.8. The lowest BCUT2D eigenvalue weighted by Crippen LogP contribution is -2.34. The second kappa shape index (κ2) is 9.95. The van der Waals surface area contributed by atoms with E-state index in [0.29, 0.717) is 11.6 Å². The summed E-state index contributed by atoms with van der Waals surface area (Å²) in [6, 6.07) is 10.2. The van der Waals surface area contributed by atoms with E-state index < -0.39 is 0 Å². The summed E-state index contributed by atoms with van der Waals surface area (Å²) < 4.78 is 5.39. The van der Waals surface area contributed by atoms with E-state index in [1.807, 2.05) is 24.3 Å². The van der Waals surface area contributed by atoms with Gasteiger partial charge in [0, 0.05) is 25.0 Å². The second-order valence-electron chi connectivity index (χ2n) is 7.11. The molecule has 1 aliphatic rings. The molecule has 1 aromatic carbocycles. The van der Waals surface area contributed by atoms with Gasteiger partial charge in [-0.1, -0.05) is 43.9 Å². The average molecular weight is 367 g/mol. The topological polar surface area (TPSA) is 63.2 Å². The van der Waals surface area contributed by atoms with Crippen molar-refractivity contribution in [2.24, 2.45) is 0 Å². The maximum absolute atomic E-state index is 12.6. The molecule has 0 spiro atoms. The highest BCUT2D eigenvalue weighted by atomic mass is 16.5. The number of aromatic nitrogens is 1. The smallest absolute Gasteiger partial charge is 0.253 e. The Balaban J connectivity index is 1.54. The van der Waals surface area contributed by atoms with Crippen molar-refractivity contribution in [3.05, 3.63) is 53.9 Å². The lowest BCUT2D eigenvalue weighted by molar-refractivity contribution is 0.0933. The Labute approximate surface area is 161 Å². The Bertz CT molecular complexity index is 740. The SMILES string of the molecule is COc1ccccc1CCNc1cncc(C(=O)NC2CCCCCC2)c1. The highest BCUT2D eigenvalue weighted by Gasteiger charge is 2.16. The van der Waals surface area contributed by atoms with Crippen molar-refractivity contribution < 1.29 is 9.53 Å². The molecule has 144 valence electrons. The molecule has 0 saturated heterocycles. The Morgan fingerprint density at radius 2 is 1.93 bits per heavy atom. The maximum Gasteiger partial charge on any atom is 0.253 e. The van der Waals surface area contributed by atoms with Gasteiger partial charge in [0.15, 0.2) is 0 Å². The standard InChI is InChI=1S/C22H29N3O2/c1-27-21-11-7-6-8-17(21)12-13-24-20-14-18(15-23-16-20)22(26)25-19-9-4-2-3-5-10-19/h6-8,11,14-16,19,24H,2-5,9-10,12-13H2,1H3,(H,25,26). The summed E-state index contributed by atoms with van der Waals surface area (Å²) in [6.45, 7) is 0.746. The van der Waals surface area contributed by atoms with Gasteiger partial charge in [-0.15, -0.1) is 0 Å². The highest BCUT2D eigenvalue weighted by Crippen LogP contribution is 2.19. The largest absolute Gasteiger partial charge is 0.496 e. The first kappa shape index (κ1) is 19.2. The number of ether oxygens (including phenoxy) is 1. The number of carbonyl (C=O) groups excluding carboxylic acids is 1. The molecule has 27 heavy (non-hydrogen) atoms. The number of para-hydroxylation sites is 1. The first-order valence-electron chi connectivity index (χ1n) is 9.88. The van der Waals surface area contributed by atoms with Crippen LogP contribution in [0.25, 0.3) is 0 Å². The monoisotopic (exact) mass is 367 g/mol. The number of amides is 1. The van der Waals surface area contributed by atoms with Gasteiger partial charge in [0.25, 0.3) is 5.91 Å². The van der Waals surface area contributed by atoms with E-state index in [4.69, 9.17) is 4.74 Å². The molecule has 1 amide bonds. The van der Waals surface area contributed by atoms with Crippen molar-refractivity contribution in [3.8, 4) is 5.75 Å². The fraction of sp³-hybridized carbons (Fsp3) is 0.455. The molecule has 1 aromatic heterocycles. The Kier molecular flexibility index (Phi) is 7.08. The van der Waals surface area contributed by atoms with Crippen LogP contribution in [0.1, 0.15) is 54.4 Å². The summed E-state index contributed by atoms with van der Waals surface area (Å²) in [6.07, 6.45) is 11.3. The van der Waals surface area contributed by atoms with E-state index >= 15 is 0 Å². The zero-order chi connectivity index (χ0) is 18.9. The van der Waals surface area contributed by atoms with Crippen molar-refractivity contribution in [2.75, 3.05) is 19.0 Å². The number of hydrogen-bond acceptors (Lipinski definition) is 4. The predicted octanol–water partition coefficient (Wildman–Crippen LogP) is 4.20. The molecule has 1 saturated carbocycles. The van der Waals surface area contributed by atoms with Crippen LogP contribution < -0.4 is 15.4 Å². The lowest BCUT2D eigenvalue weighted by Gasteiger charge is -2.16. The van der Waals surface area contributed by atoms with Crippen molar-refractivity contribution in [1.29, 1.82) is 0 Å². The molecule has 0 radical (unpaired) electrons. The minimum Gasteiger partial charge on any atom is -0.496 e. The summed E-state index contributed by atoms with van der Waals surface area (Å²) in [7, 11) is 1.69. The van der Waals surface area contributed by atoms with Gasteiger partial charge in [0.2, 0.25) is 0 Å². The van der Waals surface area contributed by atoms with Gasteiger partial charge in [-0.25, -0.2) is 0 Å². The van der Waals surface area contributed by atoms with E-state index in [-0.39, 0.29) is 5.91 Å². The Hall–Kier alpha value is -2.56. The molecule has 1 heterocycles. The Morgan fingerprint density at radius 1 is 1.15 bits per heavy atom. The van der Waals surface area contributed by atoms with Crippen LogP contribution in [0.3, 0.4) is 0 Å². The van der Waals surface area contributed by atoms with Crippen molar-refractivity contribution in [2.45, 2.75) is 51.0 Å². The fourth-order valence-electron chi connectivity index (χ4n) is 3.60. The van der Waals surface area contributed by atoms with Gasteiger partial charge < -0.3 is 15.4 Å². The third kappa shape index (κ3) is 5.71. The number of nitrogens with zero attached hydrogens (tertiary/aromatic N) is 1. The number of carbonyl (C=O) groups is 1. The van der Waals surface area contributed by atoms with Crippen LogP contribution in [-0.4, -0.2) is 30.6 Å². The van der Waals surface area contributed by atoms with Crippen LogP contribution >= 0.6 is 0 Å². The van der Waals surface area contributed by atoms with Crippen LogP contribution in [0, 0.1) is 0 Å². The zero-order valence-corrected chi connectivity index (χ0v) is 16.0. The molecule has 3 rings (SSSR count). The lowest BCUT2D eigenvalue weighted by atomic mass is 10.1. The number of methoxy groups -OCH3 is 1. The molecule has 0 atom stereocenters. The quantitative estimate of drug-likeness (QED) is 0.720. The first-order chi connectivity index (χ1) is 13.3. The zero-order valence-electron chi connectivity index (χ0n) is 16.0. The van der Waals surface area contributed by atoms with Crippen molar-refractivity contribution in [1.82, 2.24) is 10.3 Å². The van der Waals surface area contributed by atoms with Crippen LogP contribution in [0.2, 0.25) is 0 Å². The minimum atomic E-state index is -0.0252. The molecule has 0 aliphatic heterocycles. The predicted molar refractivity (Wildman–Crippen MR) is 108 cm³/mol. The number of nitrogens with one attached hydrogen (secondary N) is 2. The normalized spacial score (nSPS) is 15.0. The first-order valence-corrected chi connectivity index (χ1v) is 9.88. The molecular formula is C22H29N3O2. The van der Waals surface area contributed by atoms with E-state index in [1.54, 1.807) is 19.5 Å². The van der Waals surface area contributed by atoms with Crippen LogP contribution in [0.15, 0.2) is 42.7 Å². The van der Waals surface area contributed by atoms with Crippen LogP contribution in [-0.2, 0) is 6.42 Å². The van der Waals surface area contributed by atoms with E-state index in [0.717, 1.165) is 42.8 Å². The van der Waals surface area contributed by atoms with Gasteiger partial charge in [-0.3, -0.25) is 9.78 Å². The minimum absolute atomic E-state index is 0.0252. The van der Waals surface area contributed by atoms with E-state index in [2.05, 4.69) is 21.7 Å². The number of pyridine rings is 1. The molecular weight excluding hydrogens is 338 g/mol. The van der Waals surface area contributed by atoms with Crippen LogP contribution in [0.5, 0.6) is 5.75 Å². The molecule has 5 heteroatoms. The molecule has 0 bridgehead atoms. The molecule has 1 fully saturated rings. The van der Waals surface area contributed by atoms with Gasteiger partial charge in [0.1, 0.15) is 5.75 Å². The number of anilines is 1. The maximum atomic E-state index is 12.6. The summed E-state index contributed by atoms with van der Waals surface area (Å²) in [5, 5.41) is 6.53. The molecule has 1 aliphatic carbocycles. The number of benzene rings is 1. The van der Waals surface area contributed by atoms with Crippen LogP contribution in [0.4, 0.5) is 5.69 Å². The third-order valence-corrected chi connectivity index (χ3v) is 5.11. The Morgan fingerprint density at radius 3 is 2.70 bits per heavy atom. The highest BCUT2D eigenvalue weighted by molar-refractivity contribution is 5.94. The molecule has 2 N–H and O–H groups in total. The van der Waals surface area contributed by atoms with E-state index in [1.165, 1.54) is 25.7 Å². The molecule has 2 aromatic rings. The van der Waals surface area contributed by atoms with Crippen molar-refractivity contribution in [3.63, 3.8) is 0 Å². The average Bonchev–Trinajstić information content (AvgIpc) is 2.97. The van der Waals surface area contributed by atoms with Crippen molar-refractivity contribution >= 4 is 11.6 Å². The second-order valence-corrected chi connectivity index (χ2v) is 7.11. The fourth-order valence-corrected chi connectivity index (χ4v) is 3.60. The van der Waals surface area contributed by atoms with Gasteiger partial charge in [0.05, 0.1) is 18.4 Å².